The van der Waals surface area contributed by atoms with E-state index in [4.69, 9.17) is 0 Å². The molecule has 0 bridgehead atoms. The largest absolute Gasteiger partial charge is 0.381 e. The quantitative estimate of drug-likeness (QED) is 0.504. The minimum Gasteiger partial charge on any atom is -0.381 e. The number of imidazole rings is 1. The number of carbonyl (C=O) groups is 1. The van der Waals surface area contributed by atoms with Crippen LogP contribution in [0, 0.1) is 11.2 Å². The molecule has 1 saturated heterocycles. The van der Waals surface area contributed by atoms with Gasteiger partial charge in [0.25, 0.3) is 0 Å². The van der Waals surface area contributed by atoms with E-state index < -0.39 is 0 Å². The van der Waals surface area contributed by atoms with Crippen LogP contribution in [-0.4, -0.2) is 45.0 Å². The molecule has 2 aliphatic rings. The van der Waals surface area contributed by atoms with E-state index in [1.807, 2.05) is 13.0 Å². The highest BCUT2D eigenvalue weighted by molar-refractivity contribution is 5.98. The minimum atomic E-state index is -0.319. The number of aromatic nitrogens is 2. The lowest BCUT2D eigenvalue weighted by Crippen LogP contribution is -2.52. The maximum absolute atomic E-state index is 13.6. The molecule has 0 spiro atoms. The molecule has 4 rings (SSSR count). The highest BCUT2D eigenvalue weighted by atomic mass is 19.1. The van der Waals surface area contributed by atoms with E-state index in [1.165, 1.54) is 18.7 Å². The van der Waals surface area contributed by atoms with Gasteiger partial charge in [-0.3, -0.25) is 14.2 Å². The molecule has 1 amide bonds. The number of carbonyl (C=O) groups excluding carboxylic acids is 1. The molecular formula is C26H34FN5O. The van der Waals surface area contributed by atoms with Crippen LogP contribution in [0.15, 0.2) is 54.1 Å². The van der Waals surface area contributed by atoms with Gasteiger partial charge >= 0.3 is 0 Å². The number of likely N-dealkylation sites (tertiary alicyclic amines) is 1. The normalized spacial score (nSPS) is 21.5. The number of halogens is 1. The summed E-state index contributed by atoms with van der Waals surface area (Å²) in [7, 11) is 0. The van der Waals surface area contributed by atoms with E-state index in [9.17, 15) is 9.18 Å². The topological polar surface area (TPSA) is 62.0 Å². The summed E-state index contributed by atoms with van der Waals surface area (Å²) in [5.41, 5.74) is 2.72. The van der Waals surface area contributed by atoms with Gasteiger partial charge in [-0.15, -0.1) is 0 Å². The zero-order valence-corrected chi connectivity index (χ0v) is 19.7. The Morgan fingerprint density at radius 3 is 2.88 bits per heavy atom. The monoisotopic (exact) mass is 451 g/mol. The van der Waals surface area contributed by atoms with Gasteiger partial charge in [0.05, 0.1) is 17.6 Å². The fourth-order valence-corrected chi connectivity index (χ4v) is 5.04. The molecule has 7 heteroatoms. The Hall–Kier alpha value is -2.96. The molecule has 33 heavy (non-hydrogen) atoms. The fourth-order valence-electron chi connectivity index (χ4n) is 5.04. The van der Waals surface area contributed by atoms with Gasteiger partial charge in [0, 0.05) is 42.6 Å². The van der Waals surface area contributed by atoms with Crippen LogP contribution >= 0.6 is 0 Å². The van der Waals surface area contributed by atoms with Crippen LogP contribution in [0.3, 0.4) is 0 Å². The van der Waals surface area contributed by atoms with Crippen LogP contribution in [0.25, 0.3) is 5.65 Å². The molecule has 1 unspecified atom stereocenters. The summed E-state index contributed by atoms with van der Waals surface area (Å²) in [6, 6.07) is 3.23. The molecule has 2 aromatic heterocycles. The Labute approximate surface area is 195 Å². The number of aliphatic imine (C=N–C) groups is 1. The second-order valence-electron chi connectivity index (χ2n) is 9.63. The van der Waals surface area contributed by atoms with Crippen LogP contribution in [0.5, 0.6) is 0 Å². The number of hydrogen-bond acceptors (Lipinski definition) is 4. The van der Waals surface area contributed by atoms with Gasteiger partial charge in [-0.25, -0.2) is 9.37 Å². The van der Waals surface area contributed by atoms with Gasteiger partial charge < -0.3 is 10.2 Å². The van der Waals surface area contributed by atoms with E-state index in [0.717, 1.165) is 68.7 Å². The molecule has 0 radical (unpaired) electrons. The maximum Gasteiger partial charge on any atom is 0.228 e. The molecule has 1 aliphatic carbocycles. The molecule has 2 fully saturated rings. The molecular weight excluding hydrogens is 417 g/mol. The first-order chi connectivity index (χ1) is 15.9. The van der Waals surface area contributed by atoms with Crippen LogP contribution in [0.2, 0.25) is 0 Å². The molecule has 1 saturated carbocycles. The van der Waals surface area contributed by atoms with E-state index >= 15 is 0 Å². The van der Waals surface area contributed by atoms with Crippen LogP contribution < -0.4 is 5.32 Å². The van der Waals surface area contributed by atoms with Crippen molar-refractivity contribution in [1.82, 2.24) is 19.6 Å². The second kappa shape index (κ2) is 9.89. The van der Waals surface area contributed by atoms with E-state index in [-0.39, 0.29) is 17.3 Å². The maximum atomic E-state index is 13.6. The summed E-state index contributed by atoms with van der Waals surface area (Å²) < 4.78 is 15.3. The molecule has 1 aliphatic heterocycles. The van der Waals surface area contributed by atoms with Crippen molar-refractivity contribution in [3.8, 4) is 0 Å². The number of piperidine rings is 1. The number of nitrogens with zero attached hydrogens (tertiary/aromatic N) is 4. The standard InChI is InChI=1S/C26H34FN5O/c1-19(11-14-28-20(2)23-16-29-24-10-9-21(27)17-32(23)24)30-22-8-7-15-31(18-22)25(33)26(3)12-5-4-6-13-26/h9-11,14,16-17,22,30H,1,4-8,12-13,15,18H2,2-3H3/b14-11-,28-20?. The van der Waals surface area contributed by atoms with Crippen molar-refractivity contribution in [1.29, 1.82) is 0 Å². The number of pyridine rings is 1. The predicted octanol–water partition coefficient (Wildman–Crippen LogP) is 4.86. The predicted molar refractivity (Wildman–Crippen MR) is 130 cm³/mol. The Balaban J connectivity index is 1.34. The van der Waals surface area contributed by atoms with E-state index in [0.29, 0.717) is 11.6 Å². The Kier molecular flexibility index (Phi) is 6.96. The average Bonchev–Trinajstić information content (AvgIpc) is 3.22. The Morgan fingerprint density at radius 1 is 1.30 bits per heavy atom. The Morgan fingerprint density at radius 2 is 2.09 bits per heavy atom. The van der Waals surface area contributed by atoms with Crippen molar-refractivity contribution in [3.05, 3.63) is 60.6 Å². The lowest BCUT2D eigenvalue weighted by atomic mass is 9.74. The summed E-state index contributed by atoms with van der Waals surface area (Å²) in [6.07, 6.45) is 14.2. The van der Waals surface area contributed by atoms with Crippen molar-refractivity contribution in [2.75, 3.05) is 13.1 Å². The summed E-state index contributed by atoms with van der Waals surface area (Å²) in [5, 5.41) is 3.45. The molecule has 3 heterocycles. The van der Waals surface area contributed by atoms with E-state index in [2.05, 4.69) is 33.7 Å². The summed E-state index contributed by atoms with van der Waals surface area (Å²) >= 11 is 0. The smallest absolute Gasteiger partial charge is 0.228 e. The van der Waals surface area contributed by atoms with Crippen LogP contribution in [0.4, 0.5) is 4.39 Å². The lowest BCUT2D eigenvalue weighted by molar-refractivity contribution is -0.144. The summed E-state index contributed by atoms with van der Waals surface area (Å²) in [4.78, 5) is 24.0. The average molecular weight is 452 g/mol. The molecule has 6 nitrogen and oxygen atoms in total. The third kappa shape index (κ3) is 5.34. The van der Waals surface area contributed by atoms with Crippen LogP contribution in [-0.2, 0) is 4.79 Å². The minimum absolute atomic E-state index is 0.190. The van der Waals surface area contributed by atoms with Gasteiger partial charge in [0.15, 0.2) is 0 Å². The first-order valence-electron chi connectivity index (χ1n) is 11.9. The number of amides is 1. The number of rotatable bonds is 6. The molecule has 176 valence electrons. The van der Waals surface area contributed by atoms with Gasteiger partial charge in [-0.2, -0.15) is 0 Å². The highest BCUT2D eigenvalue weighted by Gasteiger charge is 2.38. The van der Waals surface area contributed by atoms with Crippen molar-refractivity contribution in [3.63, 3.8) is 0 Å². The van der Waals surface area contributed by atoms with E-state index in [1.54, 1.807) is 22.9 Å². The number of hydrogen-bond donors (Lipinski definition) is 1. The van der Waals surface area contributed by atoms with Crippen LogP contribution in [0.1, 0.15) is 64.5 Å². The first-order valence-corrected chi connectivity index (χ1v) is 11.9. The zero-order chi connectivity index (χ0) is 23.4. The Bertz CT molecular complexity index is 1080. The molecule has 1 atom stereocenters. The summed E-state index contributed by atoms with van der Waals surface area (Å²) in [6.45, 7) is 9.68. The third-order valence-corrected chi connectivity index (χ3v) is 6.96. The third-order valence-electron chi connectivity index (χ3n) is 6.96. The second-order valence-corrected chi connectivity index (χ2v) is 9.63. The van der Waals surface area contributed by atoms with Gasteiger partial charge in [0.2, 0.25) is 5.91 Å². The molecule has 2 aromatic rings. The van der Waals surface area contributed by atoms with Crippen molar-refractivity contribution >= 4 is 17.3 Å². The van der Waals surface area contributed by atoms with Crippen molar-refractivity contribution in [2.45, 2.75) is 64.8 Å². The van der Waals surface area contributed by atoms with Crippen molar-refractivity contribution < 1.29 is 9.18 Å². The number of allylic oxidation sites excluding steroid dienone is 1. The lowest BCUT2D eigenvalue weighted by Gasteiger charge is -2.41. The SMILES string of the molecule is C=C(/C=C\N=C(C)c1cnc2ccc(F)cn12)NC1CCCN(C(=O)C2(C)CCCCC2)C1. The molecule has 0 aromatic carbocycles. The van der Waals surface area contributed by atoms with Gasteiger partial charge in [-0.1, -0.05) is 32.8 Å². The number of nitrogens with one attached hydrogen (secondary N) is 1. The summed E-state index contributed by atoms with van der Waals surface area (Å²) in [5.74, 6) is -0.000271. The van der Waals surface area contributed by atoms with Gasteiger partial charge in [0.1, 0.15) is 11.5 Å². The number of fused-ring (bicyclic) bond motifs is 1. The van der Waals surface area contributed by atoms with Gasteiger partial charge in [-0.05, 0) is 50.8 Å². The fraction of sp³-hybridized carbons (Fsp3) is 0.500. The first kappa shape index (κ1) is 23.2. The zero-order valence-electron chi connectivity index (χ0n) is 19.7. The molecule has 1 N–H and O–H groups in total. The highest BCUT2D eigenvalue weighted by Crippen LogP contribution is 2.38. The van der Waals surface area contributed by atoms with Crippen molar-refractivity contribution in [2.24, 2.45) is 10.4 Å².